The zero-order valence-corrected chi connectivity index (χ0v) is 12.4. The second kappa shape index (κ2) is 7.99. The summed E-state index contributed by atoms with van der Waals surface area (Å²) >= 11 is 0. The summed E-state index contributed by atoms with van der Waals surface area (Å²) < 4.78 is 43.2. The average molecular weight is 325 g/mol. The van der Waals surface area contributed by atoms with Gasteiger partial charge < -0.3 is 15.2 Å². The topological polar surface area (TPSA) is 41.5 Å². The fourth-order valence-electron chi connectivity index (χ4n) is 1.99. The largest absolute Gasteiger partial charge is 0.416 e. The number of anilines is 1. The highest BCUT2D eigenvalue weighted by Crippen LogP contribution is 2.30. The Morgan fingerprint density at radius 3 is 2.48 bits per heavy atom. The van der Waals surface area contributed by atoms with Crippen molar-refractivity contribution in [3.05, 3.63) is 65.7 Å². The molecule has 0 aliphatic carbocycles. The lowest BCUT2D eigenvalue weighted by atomic mass is 10.2. The molecular weight excluding hydrogens is 307 g/mol. The molecule has 0 saturated heterocycles. The SMILES string of the molecule is OC(CNc1cccc(C(F)(F)F)c1)COCc1ccccc1. The quantitative estimate of drug-likeness (QED) is 0.816. The summed E-state index contributed by atoms with van der Waals surface area (Å²) in [6.07, 6.45) is -5.19. The molecule has 1 unspecified atom stereocenters. The van der Waals surface area contributed by atoms with Crippen molar-refractivity contribution in [2.24, 2.45) is 0 Å². The molecule has 0 aliphatic rings. The van der Waals surface area contributed by atoms with E-state index in [1.807, 2.05) is 30.3 Å². The van der Waals surface area contributed by atoms with Gasteiger partial charge in [-0.3, -0.25) is 0 Å². The Kier molecular flexibility index (Phi) is 6.01. The maximum Gasteiger partial charge on any atom is 0.416 e. The minimum absolute atomic E-state index is 0.0981. The molecule has 2 aromatic carbocycles. The molecule has 2 N–H and O–H groups in total. The van der Waals surface area contributed by atoms with Gasteiger partial charge in [0.05, 0.1) is 24.9 Å². The molecule has 23 heavy (non-hydrogen) atoms. The average Bonchev–Trinajstić information content (AvgIpc) is 2.53. The van der Waals surface area contributed by atoms with Crippen molar-refractivity contribution in [3.63, 3.8) is 0 Å². The van der Waals surface area contributed by atoms with Gasteiger partial charge >= 0.3 is 6.18 Å². The van der Waals surface area contributed by atoms with Crippen LogP contribution in [0.4, 0.5) is 18.9 Å². The standard InChI is InChI=1S/C17H18F3NO2/c18-17(19,20)14-7-4-8-15(9-14)21-10-16(22)12-23-11-13-5-2-1-3-6-13/h1-9,16,21-22H,10-12H2. The molecule has 0 bridgehead atoms. The third kappa shape index (κ3) is 5.92. The van der Waals surface area contributed by atoms with Crippen LogP contribution in [0.3, 0.4) is 0 Å². The molecule has 124 valence electrons. The Hall–Kier alpha value is -2.05. The van der Waals surface area contributed by atoms with Crippen molar-refractivity contribution in [2.45, 2.75) is 18.9 Å². The van der Waals surface area contributed by atoms with Crippen LogP contribution in [0.15, 0.2) is 54.6 Å². The monoisotopic (exact) mass is 325 g/mol. The summed E-state index contributed by atoms with van der Waals surface area (Å²) in [5.41, 5.74) is 0.574. The number of rotatable bonds is 7. The number of aliphatic hydroxyl groups is 1. The Bertz CT molecular complexity index is 602. The maximum atomic E-state index is 12.6. The number of alkyl halides is 3. The van der Waals surface area contributed by atoms with Gasteiger partial charge in [-0.2, -0.15) is 13.2 Å². The summed E-state index contributed by atoms with van der Waals surface area (Å²) in [7, 11) is 0. The van der Waals surface area contributed by atoms with E-state index in [9.17, 15) is 18.3 Å². The third-order valence-corrected chi connectivity index (χ3v) is 3.15. The van der Waals surface area contributed by atoms with Crippen LogP contribution in [0.1, 0.15) is 11.1 Å². The predicted molar refractivity (Wildman–Crippen MR) is 82.0 cm³/mol. The number of halogens is 3. The van der Waals surface area contributed by atoms with Crippen LogP contribution in [0, 0.1) is 0 Å². The van der Waals surface area contributed by atoms with Crippen molar-refractivity contribution in [1.29, 1.82) is 0 Å². The summed E-state index contributed by atoms with van der Waals surface area (Å²) in [5, 5.41) is 12.6. The normalized spacial score (nSPS) is 12.9. The van der Waals surface area contributed by atoms with E-state index in [1.165, 1.54) is 12.1 Å². The number of hydrogen-bond acceptors (Lipinski definition) is 3. The molecule has 2 rings (SSSR count). The van der Waals surface area contributed by atoms with Crippen LogP contribution in [-0.4, -0.2) is 24.4 Å². The van der Waals surface area contributed by atoms with Crippen molar-refractivity contribution in [2.75, 3.05) is 18.5 Å². The number of aliphatic hydroxyl groups excluding tert-OH is 1. The van der Waals surface area contributed by atoms with Crippen LogP contribution >= 0.6 is 0 Å². The lowest BCUT2D eigenvalue weighted by Gasteiger charge is -2.14. The first kappa shape index (κ1) is 17.3. The number of nitrogens with one attached hydrogen (secondary N) is 1. The first-order valence-electron chi connectivity index (χ1n) is 7.16. The van der Waals surface area contributed by atoms with Gasteiger partial charge in [-0.15, -0.1) is 0 Å². The van der Waals surface area contributed by atoms with Gasteiger partial charge in [0, 0.05) is 12.2 Å². The van der Waals surface area contributed by atoms with Crippen LogP contribution in [0.5, 0.6) is 0 Å². The molecule has 0 aliphatic heterocycles. The lowest BCUT2D eigenvalue weighted by Crippen LogP contribution is -2.24. The van der Waals surface area contributed by atoms with Gasteiger partial charge in [-0.25, -0.2) is 0 Å². The Morgan fingerprint density at radius 1 is 1.04 bits per heavy atom. The van der Waals surface area contributed by atoms with Gasteiger partial charge in [0.15, 0.2) is 0 Å². The second-order valence-corrected chi connectivity index (χ2v) is 5.11. The number of ether oxygens (including phenoxy) is 1. The van der Waals surface area contributed by atoms with Gasteiger partial charge in [-0.05, 0) is 23.8 Å². The fourth-order valence-corrected chi connectivity index (χ4v) is 1.99. The van der Waals surface area contributed by atoms with Crippen LogP contribution in [-0.2, 0) is 17.5 Å². The van der Waals surface area contributed by atoms with Gasteiger partial charge in [0.2, 0.25) is 0 Å². The van der Waals surface area contributed by atoms with Gasteiger partial charge in [-0.1, -0.05) is 36.4 Å². The molecule has 0 spiro atoms. The van der Waals surface area contributed by atoms with Crippen molar-refractivity contribution >= 4 is 5.69 Å². The summed E-state index contributed by atoms with van der Waals surface area (Å²) in [6.45, 7) is 0.582. The van der Waals surface area contributed by atoms with Crippen molar-refractivity contribution < 1.29 is 23.0 Å². The second-order valence-electron chi connectivity index (χ2n) is 5.11. The van der Waals surface area contributed by atoms with Gasteiger partial charge in [0.25, 0.3) is 0 Å². The zero-order chi connectivity index (χ0) is 16.7. The van der Waals surface area contributed by atoms with E-state index in [1.54, 1.807) is 0 Å². The molecule has 1 atom stereocenters. The molecule has 0 heterocycles. The third-order valence-electron chi connectivity index (χ3n) is 3.15. The highest BCUT2D eigenvalue weighted by atomic mass is 19.4. The van der Waals surface area contributed by atoms with E-state index >= 15 is 0 Å². The maximum absolute atomic E-state index is 12.6. The van der Waals surface area contributed by atoms with E-state index < -0.39 is 17.8 Å². The van der Waals surface area contributed by atoms with Crippen molar-refractivity contribution in [3.8, 4) is 0 Å². The first-order valence-corrected chi connectivity index (χ1v) is 7.16. The molecule has 0 radical (unpaired) electrons. The highest BCUT2D eigenvalue weighted by molar-refractivity contribution is 5.46. The van der Waals surface area contributed by atoms with Crippen molar-refractivity contribution in [1.82, 2.24) is 0 Å². The molecule has 0 fully saturated rings. The number of benzene rings is 2. The Balaban J connectivity index is 1.75. The highest BCUT2D eigenvalue weighted by Gasteiger charge is 2.30. The summed E-state index contributed by atoms with van der Waals surface area (Å²) in [6, 6.07) is 14.4. The van der Waals surface area contributed by atoms with E-state index in [2.05, 4.69) is 5.32 Å². The smallest absolute Gasteiger partial charge is 0.389 e. The molecule has 6 heteroatoms. The summed E-state index contributed by atoms with van der Waals surface area (Å²) in [5.74, 6) is 0. The molecule has 2 aromatic rings. The zero-order valence-electron chi connectivity index (χ0n) is 12.4. The van der Waals surface area contributed by atoms with Crippen LogP contribution < -0.4 is 5.32 Å². The molecule has 0 amide bonds. The first-order chi connectivity index (χ1) is 10.9. The summed E-state index contributed by atoms with van der Waals surface area (Å²) in [4.78, 5) is 0. The van der Waals surface area contributed by atoms with Crippen LogP contribution in [0.2, 0.25) is 0 Å². The molecular formula is C17H18F3NO2. The minimum atomic E-state index is -4.38. The Morgan fingerprint density at radius 2 is 1.78 bits per heavy atom. The van der Waals surface area contributed by atoms with E-state index in [0.29, 0.717) is 12.3 Å². The Labute approximate surface area is 132 Å². The number of hydrogen-bond donors (Lipinski definition) is 2. The lowest BCUT2D eigenvalue weighted by molar-refractivity contribution is -0.137. The van der Waals surface area contributed by atoms with E-state index in [-0.39, 0.29) is 13.2 Å². The van der Waals surface area contributed by atoms with E-state index in [0.717, 1.165) is 17.7 Å². The molecule has 0 aromatic heterocycles. The van der Waals surface area contributed by atoms with E-state index in [4.69, 9.17) is 4.74 Å². The van der Waals surface area contributed by atoms with Gasteiger partial charge in [0.1, 0.15) is 0 Å². The fraction of sp³-hybridized carbons (Fsp3) is 0.294. The van der Waals surface area contributed by atoms with Crippen LogP contribution in [0.25, 0.3) is 0 Å². The molecule has 3 nitrogen and oxygen atoms in total. The predicted octanol–water partition coefficient (Wildman–Crippen LogP) is 3.70. The minimum Gasteiger partial charge on any atom is -0.389 e. The molecule has 0 saturated carbocycles.